The molecule has 0 aliphatic carbocycles. The van der Waals surface area contributed by atoms with E-state index in [0.717, 1.165) is 11.3 Å². The number of amides is 3. The number of anilines is 3. The number of nitrogens with one attached hydrogen (secondary N) is 3. The second-order valence-corrected chi connectivity index (χ2v) is 7.04. The average Bonchev–Trinajstić information content (AvgIpc) is 3.29. The molecule has 3 amide bonds. The highest BCUT2D eigenvalue weighted by molar-refractivity contribution is 7.17. The number of carbonyl (C=O) groups is 2. The summed E-state index contributed by atoms with van der Waals surface area (Å²) in [7, 11) is 0. The van der Waals surface area contributed by atoms with Crippen LogP contribution in [0.4, 0.5) is 25.7 Å². The van der Waals surface area contributed by atoms with E-state index in [1.807, 2.05) is 0 Å². The first-order valence-electron chi connectivity index (χ1n) is 8.50. The maximum atomic E-state index is 12.9. The van der Waals surface area contributed by atoms with Crippen molar-refractivity contribution in [2.24, 2.45) is 0 Å². The van der Waals surface area contributed by atoms with Crippen LogP contribution < -0.4 is 25.4 Å². The van der Waals surface area contributed by atoms with Gasteiger partial charge in [-0.1, -0.05) is 11.3 Å². The smallest absolute Gasteiger partial charge is 0.325 e. The third-order valence-corrected chi connectivity index (χ3v) is 5.03. The highest BCUT2D eigenvalue weighted by Gasteiger charge is 2.19. The lowest BCUT2D eigenvalue weighted by Crippen LogP contribution is -2.19. The van der Waals surface area contributed by atoms with Gasteiger partial charge in [0.15, 0.2) is 16.6 Å². The van der Waals surface area contributed by atoms with Crippen molar-refractivity contribution in [3.8, 4) is 11.5 Å². The molecule has 1 aliphatic heterocycles. The van der Waals surface area contributed by atoms with Gasteiger partial charge in [0.1, 0.15) is 10.7 Å². The largest absolute Gasteiger partial charge is 0.454 e. The average molecular weight is 414 g/mol. The summed E-state index contributed by atoms with van der Waals surface area (Å²) in [6.07, 6.45) is 0. The molecule has 0 bridgehead atoms. The first kappa shape index (κ1) is 18.7. The minimum absolute atomic E-state index is 0.149. The molecule has 0 spiro atoms. The van der Waals surface area contributed by atoms with Crippen LogP contribution in [0.25, 0.3) is 0 Å². The predicted molar refractivity (Wildman–Crippen MR) is 106 cm³/mol. The molecular formula is C19H15FN4O4S. The van der Waals surface area contributed by atoms with Gasteiger partial charge in [-0.15, -0.1) is 0 Å². The number of urea groups is 1. The Kier molecular flexibility index (Phi) is 5.00. The first-order valence-corrected chi connectivity index (χ1v) is 9.31. The van der Waals surface area contributed by atoms with Crippen LogP contribution in [-0.2, 0) is 0 Å². The lowest BCUT2D eigenvalue weighted by atomic mass is 10.2. The molecule has 3 N–H and O–H groups in total. The van der Waals surface area contributed by atoms with Crippen LogP contribution in [0.1, 0.15) is 15.4 Å². The number of benzene rings is 2. The standard InChI is InChI=1S/C19H15FN4O4S/c1-10-16(17(25)22-13-6-7-14-15(8-13)28-9-27-14)29-19(21-10)24-18(26)23-12-4-2-11(20)3-5-12/h2-8H,9H2,1H3,(H,22,25)(H2,21,23,24,26). The van der Waals surface area contributed by atoms with Crippen molar-refractivity contribution in [2.75, 3.05) is 22.7 Å². The molecule has 3 aromatic rings. The maximum Gasteiger partial charge on any atom is 0.325 e. The minimum Gasteiger partial charge on any atom is -0.454 e. The molecule has 148 valence electrons. The van der Waals surface area contributed by atoms with Gasteiger partial charge in [0.05, 0.1) is 5.69 Å². The fourth-order valence-electron chi connectivity index (χ4n) is 2.62. The quantitative estimate of drug-likeness (QED) is 0.594. The molecule has 0 saturated carbocycles. The van der Waals surface area contributed by atoms with Crippen LogP contribution in [0.3, 0.4) is 0 Å². The number of ether oxygens (including phenoxy) is 2. The third-order valence-electron chi connectivity index (χ3n) is 3.96. The topological polar surface area (TPSA) is 102 Å². The van der Waals surface area contributed by atoms with Crippen LogP contribution >= 0.6 is 11.3 Å². The van der Waals surface area contributed by atoms with Crippen LogP contribution in [-0.4, -0.2) is 23.7 Å². The van der Waals surface area contributed by atoms with E-state index < -0.39 is 11.8 Å². The number of hydrogen-bond acceptors (Lipinski definition) is 6. The molecule has 1 aliphatic rings. The second-order valence-electron chi connectivity index (χ2n) is 6.04. The van der Waals surface area contributed by atoms with Gasteiger partial charge in [-0.05, 0) is 43.3 Å². The maximum absolute atomic E-state index is 12.9. The number of rotatable bonds is 4. The number of nitrogens with zero attached hydrogens (tertiary/aromatic N) is 1. The van der Waals surface area contributed by atoms with E-state index in [4.69, 9.17) is 9.47 Å². The molecule has 2 heterocycles. The molecular weight excluding hydrogens is 399 g/mol. The van der Waals surface area contributed by atoms with Crippen molar-refractivity contribution in [3.05, 3.63) is 58.9 Å². The van der Waals surface area contributed by atoms with E-state index in [9.17, 15) is 14.0 Å². The van der Waals surface area contributed by atoms with E-state index in [2.05, 4.69) is 20.9 Å². The fraction of sp³-hybridized carbons (Fsp3) is 0.105. The Hall–Kier alpha value is -3.66. The molecule has 8 nitrogen and oxygen atoms in total. The number of fused-ring (bicyclic) bond motifs is 1. The Morgan fingerprint density at radius 1 is 1.00 bits per heavy atom. The first-order chi connectivity index (χ1) is 14.0. The lowest BCUT2D eigenvalue weighted by molar-refractivity contribution is 0.103. The van der Waals surface area contributed by atoms with Gasteiger partial charge in [-0.3, -0.25) is 10.1 Å². The zero-order valence-electron chi connectivity index (χ0n) is 15.1. The second kappa shape index (κ2) is 7.76. The highest BCUT2D eigenvalue weighted by Crippen LogP contribution is 2.34. The molecule has 10 heteroatoms. The zero-order chi connectivity index (χ0) is 20.4. The Morgan fingerprint density at radius 3 is 2.52 bits per heavy atom. The zero-order valence-corrected chi connectivity index (χ0v) is 15.9. The molecule has 29 heavy (non-hydrogen) atoms. The Morgan fingerprint density at radius 2 is 1.72 bits per heavy atom. The van der Waals surface area contributed by atoms with E-state index >= 15 is 0 Å². The normalized spacial score (nSPS) is 11.8. The summed E-state index contributed by atoms with van der Waals surface area (Å²) in [5.74, 6) is 0.426. The Bertz CT molecular complexity index is 1080. The molecule has 0 radical (unpaired) electrons. The van der Waals surface area contributed by atoms with Crippen molar-refractivity contribution >= 4 is 39.8 Å². The van der Waals surface area contributed by atoms with Crippen molar-refractivity contribution in [3.63, 3.8) is 0 Å². The van der Waals surface area contributed by atoms with Crippen molar-refractivity contribution in [2.45, 2.75) is 6.92 Å². The van der Waals surface area contributed by atoms with E-state index in [1.165, 1.54) is 24.3 Å². The third kappa shape index (κ3) is 4.27. The van der Waals surface area contributed by atoms with Gasteiger partial charge in [-0.25, -0.2) is 14.2 Å². The molecule has 4 rings (SSSR count). The van der Waals surface area contributed by atoms with Gasteiger partial charge in [0.2, 0.25) is 6.79 Å². The predicted octanol–water partition coefficient (Wildman–Crippen LogP) is 4.22. The minimum atomic E-state index is -0.548. The van der Waals surface area contributed by atoms with Crippen molar-refractivity contribution in [1.82, 2.24) is 4.98 Å². The van der Waals surface area contributed by atoms with Gasteiger partial charge in [0.25, 0.3) is 5.91 Å². The van der Waals surface area contributed by atoms with Gasteiger partial charge in [-0.2, -0.15) is 0 Å². The summed E-state index contributed by atoms with van der Waals surface area (Å²) in [6, 6.07) is 9.89. The van der Waals surface area contributed by atoms with Gasteiger partial charge < -0.3 is 20.1 Å². The fourth-order valence-corrected chi connectivity index (χ4v) is 3.47. The number of carbonyl (C=O) groups excluding carboxylic acids is 2. The summed E-state index contributed by atoms with van der Waals surface area (Å²) in [5.41, 5.74) is 1.46. The monoisotopic (exact) mass is 414 g/mol. The summed E-state index contributed by atoms with van der Waals surface area (Å²) in [5, 5.41) is 8.16. The van der Waals surface area contributed by atoms with Crippen molar-refractivity contribution < 1.29 is 23.5 Å². The summed E-state index contributed by atoms with van der Waals surface area (Å²) in [4.78, 5) is 29.2. The number of hydrogen-bond donors (Lipinski definition) is 3. The van der Waals surface area contributed by atoms with Crippen LogP contribution in [0.5, 0.6) is 11.5 Å². The Labute approximate surface area is 168 Å². The van der Waals surface area contributed by atoms with Crippen LogP contribution in [0.15, 0.2) is 42.5 Å². The molecule has 0 unspecified atom stereocenters. The summed E-state index contributed by atoms with van der Waals surface area (Å²) < 4.78 is 23.5. The van der Waals surface area contributed by atoms with E-state index in [-0.39, 0.29) is 17.8 Å². The van der Waals surface area contributed by atoms with Gasteiger partial charge in [0, 0.05) is 17.4 Å². The number of thiazole rings is 1. The molecule has 0 saturated heterocycles. The van der Waals surface area contributed by atoms with Crippen LogP contribution in [0, 0.1) is 12.7 Å². The van der Waals surface area contributed by atoms with Crippen LogP contribution in [0.2, 0.25) is 0 Å². The van der Waals surface area contributed by atoms with E-state index in [1.54, 1.807) is 25.1 Å². The number of aryl methyl sites for hydroxylation is 1. The van der Waals surface area contributed by atoms with E-state index in [0.29, 0.717) is 33.4 Å². The SMILES string of the molecule is Cc1nc(NC(=O)Nc2ccc(F)cc2)sc1C(=O)Nc1ccc2c(c1)OCO2. The number of aromatic nitrogens is 1. The Balaban J connectivity index is 1.41. The highest BCUT2D eigenvalue weighted by atomic mass is 32.1. The summed E-state index contributed by atoms with van der Waals surface area (Å²) in [6.45, 7) is 1.82. The summed E-state index contributed by atoms with van der Waals surface area (Å²) >= 11 is 1.04. The molecule has 0 atom stereocenters. The lowest BCUT2D eigenvalue weighted by Gasteiger charge is -2.05. The molecule has 0 fully saturated rings. The van der Waals surface area contributed by atoms with Crippen molar-refractivity contribution in [1.29, 1.82) is 0 Å². The number of halogens is 1. The van der Waals surface area contributed by atoms with Gasteiger partial charge >= 0.3 is 6.03 Å². The molecule has 1 aromatic heterocycles. The molecule has 2 aromatic carbocycles.